The van der Waals surface area contributed by atoms with Gasteiger partial charge in [-0.1, -0.05) is 24.3 Å². The summed E-state index contributed by atoms with van der Waals surface area (Å²) >= 11 is 0. The topological polar surface area (TPSA) is 47.3 Å². The first-order valence-electron chi connectivity index (χ1n) is 5.45. The zero-order valence-corrected chi connectivity index (χ0v) is 10.00. The molecule has 0 aliphatic rings. The van der Waals surface area contributed by atoms with Gasteiger partial charge in [-0.15, -0.1) is 0 Å². The van der Waals surface area contributed by atoms with Gasteiger partial charge in [0.15, 0.2) is 0 Å². The summed E-state index contributed by atoms with van der Waals surface area (Å²) in [6.45, 7) is 0.543. The van der Waals surface area contributed by atoms with Crippen LogP contribution in [0.4, 0.5) is 0 Å². The highest BCUT2D eigenvalue weighted by atomic mass is 16.5. The first kappa shape index (κ1) is 11.8. The number of aliphatic hydroxyl groups excluding tert-OH is 1. The molecule has 1 unspecified atom stereocenters. The van der Waals surface area contributed by atoms with Crippen molar-refractivity contribution < 1.29 is 9.84 Å². The SMILES string of the molecule is COCc1cccc(C(O)c2nccn2C)c1. The number of nitrogens with zero attached hydrogens (tertiary/aromatic N) is 2. The lowest BCUT2D eigenvalue weighted by molar-refractivity contribution is 0.183. The minimum Gasteiger partial charge on any atom is -0.380 e. The number of aryl methyl sites for hydroxylation is 1. The average molecular weight is 232 g/mol. The Hall–Kier alpha value is -1.65. The molecular weight excluding hydrogens is 216 g/mol. The average Bonchev–Trinajstić information content (AvgIpc) is 2.75. The van der Waals surface area contributed by atoms with Crippen LogP contribution in [0.1, 0.15) is 23.1 Å². The molecule has 1 N–H and O–H groups in total. The second-order valence-electron chi connectivity index (χ2n) is 3.98. The summed E-state index contributed by atoms with van der Waals surface area (Å²) in [6, 6.07) is 7.70. The quantitative estimate of drug-likeness (QED) is 0.872. The molecule has 0 saturated carbocycles. The summed E-state index contributed by atoms with van der Waals surface area (Å²) in [5.41, 5.74) is 1.87. The number of benzene rings is 1. The molecule has 0 amide bonds. The van der Waals surface area contributed by atoms with E-state index in [9.17, 15) is 5.11 Å². The monoisotopic (exact) mass is 232 g/mol. The molecule has 4 heteroatoms. The molecule has 0 fully saturated rings. The fraction of sp³-hybridized carbons (Fsp3) is 0.308. The molecule has 0 bridgehead atoms. The summed E-state index contributed by atoms with van der Waals surface area (Å²) in [5.74, 6) is 0.638. The zero-order chi connectivity index (χ0) is 12.3. The van der Waals surface area contributed by atoms with Gasteiger partial charge in [0, 0.05) is 26.6 Å². The lowest BCUT2D eigenvalue weighted by Crippen LogP contribution is -2.07. The van der Waals surface area contributed by atoms with E-state index in [2.05, 4.69) is 4.98 Å². The maximum Gasteiger partial charge on any atom is 0.142 e. The second kappa shape index (κ2) is 5.12. The first-order valence-corrected chi connectivity index (χ1v) is 5.45. The molecule has 2 aromatic rings. The molecule has 90 valence electrons. The van der Waals surface area contributed by atoms with Gasteiger partial charge in [-0.2, -0.15) is 0 Å². The van der Waals surface area contributed by atoms with Crippen molar-refractivity contribution in [3.8, 4) is 0 Å². The summed E-state index contributed by atoms with van der Waals surface area (Å²) < 4.78 is 6.89. The van der Waals surface area contributed by atoms with Gasteiger partial charge in [0.2, 0.25) is 0 Å². The van der Waals surface area contributed by atoms with Crippen LogP contribution in [0.3, 0.4) is 0 Å². The highest BCUT2D eigenvalue weighted by Crippen LogP contribution is 2.21. The fourth-order valence-electron chi connectivity index (χ4n) is 1.81. The van der Waals surface area contributed by atoms with E-state index in [1.807, 2.05) is 42.1 Å². The van der Waals surface area contributed by atoms with E-state index in [1.165, 1.54) is 0 Å². The van der Waals surface area contributed by atoms with E-state index < -0.39 is 6.10 Å². The number of aliphatic hydroxyl groups is 1. The van der Waals surface area contributed by atoms with Gasteiger partial charge in [-0.3, -0.25) is 0 Å². The van der Waals surface area contributed by atoms with Gasteiger partial charge in [0.05, 0.1) is 6.61 Å². The van der Waals surface area contributed by atoms with Gasteiger partial charge < -0.3 is 14.4 Å². The number of hydrogen-bond acceptors (Lipinski definition) is 3. The molecule has 1 aromatic heterocycles. The van der Waals surface area contributed by atoms with Crippen molar-refractivity contribution in [1.82, 2.24) is 9.55 Å². The van der Waals surface area contributed by atoms with Crippen LogP contribution in [0.15, 0.2) is 36.7 Å². The third-order valence-electron chi connectivity index (χ3n) is 2.68. The van der Waals surface area contributed by atoms with Crippen LogP contribution in [-0.4, -0.2) is 21.8 Å². The Balaban J connectivity index is 2.28. The molecule has 4 nitrogen and oxygen atoms in total. The normalized spacial score (nSPS) is 12.6. The van der Waals surface area contributed by atoms with Crippen molar-refractivity contribution >= 4 is 0 Å². The summed E-state index contributed by atoms with van der Waals surface area (Å²) in [5, 5.41) is 10.2. The van der Waals surface area contributed by atoms with Gasteiger partial charge in [0.1, 0.15) is 11.9 Å². The summed E-state index contributed by atoms with van der Waals surface area (Å²) in [7, 11) is 3.52. The highest BCUT2D eigenvalue weighted by molar-refractivity contribution is 5.28. The molecular formula is C13H16N2O2. The molecule has 2 rings (SSSR count). The van der Waals surface area contributed by atoms with Crippen molar-refractivity contribution in [3.63, 3.8) is 0 Å². The molecule has 0 saturated heterocycles. The molecule has 17 heavy (non-hydrogen) atoms. The van der Waals surface area contributed by atoms with Crippen molar-refractivity contribution in [2.24, 2.45) is 7.05 Å². The minimum absolute atomic E-state index is 0.543. The third-order valence-corrected chi connectivity index (χ3v) is 2.68. The number of methoxy groups -OCH3 is 1. The largest absolute Gasteiger partial charge is 0.380 e. The summed E-state index contributed by atoms with van der Waals surface area (Å²) in [6.07, 6.45) is 2.79. The van der Waals surface area contributed by atoms with Crippen LogP contribution in [0.2, 0.25) is 0 Å². The molecule has 0 aliphatic carbocycles. The Bertz CT molecular complexity index is 494. The fourth-order valence-corrected chi connectivity index (χ4v) is 1.81. The molecule has 1 heterocycles. The van der Waals surface area contributed by atoms with Crippen molar-refractivity contribution in [3.05, 3.63) is 53.6 Å². The smallest absolute Gasteiger partial charge is 0.142 e. The van der Waals surface area contributed by atoms with E-state index in [0.717, 1.165) is 11.1 Å². The standard InChI is InChI=1S/C13H16N2O2/c1-15-7-6-14-13(15)12(16)11-5-3-4-10(8-11)9-17-2/h3-8,12,16H,9H2,1-2H3. The predicted molar refractivity (Wildman–Crippen MR) is 64.4 cm³/mol. The van der Waals surface area contributed by atoms with E-state index in [0.29, 0.717) is 12.4 Å². The van der Waals surface area contributed by atoms with Crippen molar-refractivity contribution in [1.29, 1.82) is 0 Å². The van der Waals surface area contributed by atoms with Crippen LogP contribution in [0.25, 0.3) is 0 Å². The second-order valence-corrected chi connectivity index (χ2v) is 3.98. The zero-order valence-electron chi connectivity index (χ0n) is 10.00. The maximum atomic E-state index is 10.2. The third kappa shape index (κ3) is 2.54. The Morgan fingerprint density at radius 2 is 2.29 bits per heavy atom. The van der Waals surface area contributed by atoms with Gasteiger partial charge in [-0.25, -0.2) is 4.98 Å². The van der Waals surface area contributed by atoms with Gasteiger partial charge in [0.25, 0.3) is 0 Å². The van der Waals surface area contributed by atoms with Crippen LogP contribution in [-0.2, 0) is 18.4 Å². The molecule has 0 aliphatic heterocycles. The Kier molecular flexibility index (Phi) is 3.56. The van der Waals surface area contributed by atoms with E-state index in [4.69, 9.17) is 4.74 Å². The van der Waals surface area contributed by atoms with E-state index >= 15 is 0 Å². The number of rotatable bonds is 4. The highest BCUT2D eigenvalue weighted by Gasteiger charge is 2.14. The van der Waals surface area contributed by atoms with Gasteiger partial charge in [-0.05, 0) is 11.1 Å². The van der Waals surface area contributed by atoms with Crippen LogP contribution in [0, 0.1) is 0 Å². The molecule has 1 aromatic carbocycles. The molecule has 0 radical (unpaired) electrons. The Labute approximate surface area is 100 Å². The van der Waals surface area contributed by atoms with Crippen molar-refractivity contribution in [2.45, 2.75) is 12.7 Å². The molecule has 0 spiro atoms. The predicted octanol–water partition coefficient (Wildman–Crippen LogP) is 1.65. The Morgan fingerprint density at radius 3 is 2.94 bits per heavy atom. The lowest BCUT2D eigenvalue weighted by atomic mass is 10.1. The van der Waals surface area contributed by atoms with Crippen molar-refractivity contribution in [2.75, 3.05) is 7.11 Å². The maximum absolute atomic E-state index is 10.2. The number of ether oxygens (including phenoxy) is 1. The lowest BCUT2D eigenvalue weighted by Gasteiger charge is -2.12. The van der Waals surface area contributed by atoms with Crippen LogP contribution < -0.4 is 0 Å². The first-order chi connectivity index (χ1) is 8.22. The Morgan fingerprint density at radius 1 is 1.47 bits per heavy atom. The van der Waals surface area contributed by atoms with Crippen LogP contribution in [0.5, 0.6) is 0 Å². The van der Waals surface area contributed by atoms with Gasteiger partial charge >= 0.3 is 0 Å². The van der Waals surface area contributed by atoms with E-state index in [-0.39, 0.29) is 0 Å². The van der Waals surface area contributed by atoms with Crippen LogP contribution >= 0.6 is 0 Å². The molecule has 1 atom stereocenters. The minimum atomic E-state index is -0.702. The summed E-state index contributed by atoms with van der Waals surface area (Å²) in [4.78, 5) is 4.15. The number of imidazole rings is 1. The number of aromatic nitrogens is 2. The van der Waals surface area contributed by atoms with E-state index in [1.54, 1.807) is 13.3 Å². The number of hydrogen-bond donors (Lipinski definition) is 1.